The largest absolute Gasteiger partial charge is 0.493 e. The van der Waals surface area contributed by atoms with Crippen LogP contribution in [0, 0.1) is 19.8 Å². The van der Waals surface area contributed by atoms with Gasteiger partial charge in [0.2, 0.25) is 0 Å². The maximum absolute atomic E-state index is 12.7. The number of benzene rings is 1. The van der Waals surface area contributed by atoms with Crippen molar-refractivity contribution in [1.82, 2.24) is 16.2 Å². The molecule has 0 aliphatic heterocycles. The van der Waals surface area contributed by atoms with E-state index in [0.29, 0.717) is 35.0 Å². The second kappa shape index (κ2) is 9.77. The Kier molecular flexibility index (Phi) is 7.41. The van der Waals surface area contributed by atoms with Crippen molar-refractivity contribution in [1.29, 1.82) is 0 Å². The second-order valence-electron chi connectivity index (χ2n) is 6.89. The lowest BCUT2D eigenvalue weighted by molar-refractivity contribution is -0.124. The quantitative estimate of drug-likeness (QED) is 0.618. The fourth-order valence-electron chi connectivity index (χ4n) is 2.81. The number of rotatable bonds is 7. The average Bonchev–Trinajstić information content (AvgIpc) is 3.02. The van der Waals surface area contributed by atoms with Crippen LogP contribution >= 0.6 is 0 Å². The van der Waals surface area contributed by atoms with Crippen molar-refractivity contribution >= 4 is 17.7 Å². The van der Waals surface area contributed by atoms with Crippen molar-refractivity contribution in [2.45, 2.75) is 40.7 Å². The predicted octanol–water partition coefficient (Wildman–Crippen LogP) is 2.51. The highest BCUT2D eigenvalue weighted by Gasteiger charge is 2.26. The van der Waals surface area contributed by atoms with Crippen LogP contribution in [0.1, 0.15) is 53.0 Å². The molecule has 1 atom stereocenters. The van der Waals surface area contributed by atoms with Gasteiger partial charge < -0.3 is 14.5 Å². The second-order valence-corrected chi connectivity index (χ2v) is 6.89. The molecule has 3 amide bonds. The highest BCUT2D eigenvalue weighted by Crippen LogP contribution is 2.18. The molecule has 156 valence electrons. The van der Waals surface area contributed by atoms with Gasteiger partial charge in [0.1, 0.15) is 23.3 Å². The predicted molar refractivity (Wildman–Crippen MR) is 107 cm³/mol. The summed E-state index contributed by atoms with van der Waals surface area (Å²) >= 11 is 0. The number of aryl methyl sites for hydroxylation is 2. The number of para-hydroxylation sites is 1. The third-order valence-corrected chi connectivity index (χ3v) is 4.25. The van der Waals surface area contributed by atoms with Gasteiger partial charge in [0.25, 0.3) is 17.7 Å². The molecule has 0 saturated heterocycles. The van der Waals surface area contributed by atoms with Crippen LogP contribution in [0.3, 0.4) is 0 Å². The first-order valence-corrected chi connectivity index (χ1v) is 9.44. The number of hydrogen-bond acceptors (Lipinski definition) is 5. The maximum atomic E-state index is 12.7. The average molecular weight is 401 g/mol. The van der Waals surface area contributed by atoms with Crippen molar-refractivity contribution in [2.24, 2.45) is 5.92 Å². The van der Waals surface area contributed by atoms with E-state index in [1.165, 1.54) is 0 Å². The van der Waals surface area contributed by atoms with Gasteiger partial charge in [0.15, 0.2) is 0 Å². The standard InChI is InChI=1S/C21H27N3O5/c1-6-28-17-10-8-7-9-15(17)19(25)22-18(12(2)3)21(27)24-23-20(26)16-11-13(4)29-14(16)5/h7-12,18H,6H2,1-5H3,(H,22,25)(H,23,26)(H,24,27)/t18-/m0/s1. The Balaban J connectivity index is 2.05. The van der Waals surface area contributed by atoms with E-state index in [2.05, 4.69) is 16.2 Å². The first-order valence-electron chi connectivity index (χ1n) is 9.44. The fraction of sp³-hybridized carbons (Fsp3) is 0.381. The van der Waals surface area contributed by atoms with Gasteiger partial charge in [0.05, 0.1) is 17.7 Å². The van der Waals surface area contributed by atoms with E-state index in [4.69, 9.17) is 9.15 Å². The molecule has 1 aromatic heterocycles. The third-order valence-electron chi connectivity index (χ3n) is 4.25. The van der Waals surface area contributed by atoms with Crippen LogP contribution in [0.4, 0.5) is 0 Å². The Morgan fingerprint density at radius 1 is 1.03 bits per heavy atom. The minimum Gasteiger partial charge on any atom is -0.493 e. The van der Waals surface area contributed by atoms with E-state index in [1.807, 2.05) is 6.92 Å². The summed E-state index contributed by atoms with van der Waals surface area (Å²) in [7, 11) is 0. The van der Waals surface area contributed by atoms with Crippen LogP contribution in [0.25, 0.3) is 0 Å². The van der Waals surface area contributed by atoms with E-state index < -0.39 is 23.8 Å². The van der Waals surface area contributed by atoms with E-state index in [-0.39, 0.29) is 5.92 Å². The lowest BCUT2D eigenvalue weighted by Crippen LogP contribution is -2.54. The minimum atomic E-state index is -0.857. The fourth-order valence-corrected chi connectivity index (χ4v) is 2.81. The van der Waals surface area contributed by atoms with Gasteiger partial charge in [-0.1, -0.05) is 26.0 Å². The number of ether oxygens (including phenoxy) is 1. The molecule has 0 aliphatic rings. The molecule has 2 aromatic rings. The molecule has 0 bridgehead atoms. The van der Waals surface area contributed by atoms with Crippen LogP contribution in [-0.4, -0.2) is 30.4 Å². The third kappa shape index (κ3) is 5.60. The minimum absolute atomic E-state index is 0.215. The molecule has 8 nitrogen and oxygen atoms in total. The number of hydrazine groups is 1. The highest BCUT2D eigenvalue weighted by molar-refractivity contribution is 6.00. The van der Waals surface area contributed by atoms with Crippen LogP contribution < -0.4 is 20.9 Å². The van der Waals surface area contributed by atoms with Gasteiger partial charge in [-0.15, -0.1) is 0 Å². The summed E-state index contributed by atoms with van der Waals surface area (Å²) in [6, 6.07) is 7.54. The van der Waals surface area contributed by atoms with Crippen molar-refractivity contribution in [3.8, 4) is 5.75 Å². The van der Waals surface area contributed by atoms with Crippen LogP contribution in [-0.2, 0) is 4.79 Å². The number of carbonyl (C=O) groups is 3. The van der Waals surface area contributed by atoms with Crippen molar-refractivity contribution < 1.29 is 23.5 Å². The molecule has 0 radical (unpaired) electrons. The number of nitrogens with one attached hydrogen (secondary N) is 3. The molecule has 29 heavy (non-hydrogen) atoms. The molecule has 1 aromatic carbocycles. The van der Waals surface area contributed by atoms with Crippen molar-refractivity contribution in [3.63, 3.8) is 0 Å². The van der Waals surface area contributed by atoms with Crippen molar-refractivity contribution in [2.75, 3.05) is 6.61 Å². The Hall–Kier alpha value is -3.29. The first-order chi connectivity index (χ1) is 13.7. The van der Waals surface area contributed by atoms with Gasteiger partial charge in [-0.25, -0.2) is 0 Å². The Morgan fingerprint density at radius 2 is 1.72 bits per heavy atom. The van der Waals surface area contributed by atoms with Gasteiger partial charge in [-0.2, -0.15) is 0 Å². The molecule has 0 spiro atoms. The van der Waals surface area contributed by atoms with E-state index in [9.17, 15) is 14.4 Å². The number of amides is 3. The zero-order valence-corrected chi connectivity index (χ0v) is 17.3. The first kappa shape index (κ1) is 22.0. The number of furan rings is 1. The normalized spacial score (nSPS) is 11.7. The smallest absolute Gasteiger partial charge is 0.273 e. The van der Waals surface area contributed by atoms with Gasteiger partial charge >= 0.3 is 0 Å². The molecular formula is C21H27N3O5. The maximum Gasteiger partial charge on any atom is 0.273 e. The summed E-state index contributed by atoms with van der Waals surface area (Å²) in [5.41, 5.74) is 5.39. The molecule has 8 heteroatoms. The van der Waals surface area contributed by atoms with E-state index in [0.717, 1.165) is 0 Å². The molecular weight excluding hydrogens is 374 g/mol. The van der Waals surface area contributed by atoms with E-state index >= 15 is 0 Å². The molecule has 3 N–H and O–H groups in total. The van der Waals surface area contributed by atoms with Crippen LogP contribution in [0.2, 0.25) is 0 Å². The summed E-state index contributed by atoms with van der Waals surface area (Å²) in [5.74, 6) is -0.190. The summed E-state index contributed by atoms with van der Waals surface area (Å²) in [4.78, 5) is 37.5. The van der Waals surface area contributed by atoms with Gasteiger partial charge in [0, 0.05) is 0 Å². The molecule has 0 unspecified atom stereocenters. The summed E-state index contributed by atoms with van der Waals surface area (Å²) in [6.07, 6.45) is 0. The monoisotopic (exact) mass is 401 g/mol. The molecule has 0 aliphatic carbocycles. The zero-order chi connectivity index (χ0) is 21.6. The topological polar surface area (TPSA) is 110 Å². The molecule has 0 fully saturated rings. The molecule has 0 saturated carbocycles. The highest BCUT2D eigenvalue weighted by atomic mass is 16.5. The van der Waals surface area contributed by atoms with Crippen LogP contribution in [0.5, 0.6) is 5.75 Å². The zero-order valence-electron chi connectivity index (χ0n) is 17.3. The summed E-state index contributed by atoms with van der Waals surface area (Å²) in [5, 5.41) is 2.71. The van der Waals surface area contributed by atoms with Crippen molar-refractivity contribution in [3.05, 3.63) is 53.0 Å². The lowest BCUT2D eigenvalue weighted by Gasteiger charge is -2.22. The summed E-state index contributed by atoms with van der Waals surface area (Å²) in [6.45, 7) is 9.22. The SMILES string of the molecule is CCOc1ccccc1C(=O)N[C@H](C(=O)NNC(=O)c1cc(C)oc1C)C(C)C. The van der Waals surface area contributed by atoms with Gasteiger partial charge in [-0.05, 0) is 44.9 Å². The van der Waals surface area contributed by atoms with Gasteiger partial charge in [-0.3, -0.25) is 25.2 Å². The van der Waals surface area contributed by atoms with Crippen LogP contribution in [0.15, 0.2) is 34.7 Å². The lowest BCUT2D eigenvalue weighted by atomic mass is 10.0. The Morgan fingerprint density at radius 3 is 2.31 bits per heavy atom. The Bertz CT molecular complexity index is 888. The Labute approximate surface area is 170 Å². The number of hydrogen-bond donors (Lipinski definition) is 3. The van der Waals surface area contributed by atoms with E-state index in [1.54, 1.807) is 58.0 Å². The number of carbonyl (C=O) groups excluding carboxylic acids is 3. The summed E-state index contributed by atoms with van der Waals surface area (Å²) < 4.78 is 10.8. The molecule has 2 rings (SSSR count). The molecule has 1 heterocycles.